The molecule has 0 fully saturated rings. The summed E-state index contributed by atoms with van der Waals surface area (Å²) in [4.78, 5) is 37.4. The van der Waals surface area contributed by atoms with Crippen molar-refractivity contribution in [1.82, 2.24) is 5.32 Å². The van der Waals surface area contributed by atoms with Gasteiger partial charge in [-0.3, -0.25) is 9.59 Å². The molecule has 1 aromatic heterocycles. The zero-order chi connectivity index (χ0) is 20.0. The predicted octanol–water partition coefficient (Wildman–Crippen LogP) is 3.30. The van der Waals surface area contributed by atoms with Crippen LogP contribution in [0.25, 0.3) is 0 Å². The van der Waals surface area contributed by atoms with E-state index in [0.717, 1.165) is 16.5 Å². The van der Waals surface area contributed by atoms with Crippen LogP contribution >= 0.6 is 11.3 Å². The summed E-state index contributed by atoms with van der Waals surface area (Å²) in [7, 11) is 0. The van der Waals surface area contributed by atoms with Crippen LogP contribution in [0.1, 0.15) is 45.0 Å². The van der Waals surface area contributed by atoms with E-state index in [1.165, 1.54) is 29.5 Å². The number of rotatable bonds is 7. The maximum atomic E-state index is 13.2. The van der Waals surface area contributed by atoms with Gasteiger partial charge in [-0.25, -0.2) is 9.18 Å². The molecule has 8 heteroatoms. The molecule has 2 amide bonds. The average Bonchev–Trinajstić information content (AvgIpc) is 2.94. The van der Waals surface area contributed by atoms with Crippen LogP contribution in [0.3, 0.4) is 0 Å². The third-order valence-corrected chi connectivity index (χ3v) is 4.85. The third kappa shape index (κ3) is 5.13. The largest absolute Gasteiger partial charge is 0.462 e. The van der Waals surface area contributed by atoms with E-state index >= 15 is 0 Å². The molecular formula is C19H21FN2O4S. The number of halogens is 1. The van der Waals surface area contributed by atoms with Gasteiger partial charge in [-0.15, -0.1) is 11.3 Å². The Morgan fingerprint density at radius 1 is 1.22 bits per heavy atom. The Morgan fingerprint density at radius 2 is 1.96 bits per heavy atom. The number of esters is 1. The van der Waals surface area contributed by atoms with Crippen LogP contribution in [-0.4, -0.2) is 30.9 Å². The summed E-state index contributed by atoms with van der Waals surface area (Å²) in [5.74, 6) is -2.08. The molecule has 144 valence electrons. The van der Waals surface area contributed by atoms with Crippen molar-refractivity contribution in [1.29, 1.82) is 0 Å². The molecule has 0 aliphatic carbocycles. The van der Waals surface area contributed by atoms with E-state index < -0.39 is 23.6 Å². The molecule has 0 aliphatic heterocycles. The second-order valence-corrected chi connectivity index (χ2v) is 6.88. The quantitative estimate of drug-likeness (QED) is 0.708. The molecule has 27 heavy (non-hydrogen) atoms. The highest BCUT2D eigenvalue weighted by atomic mass is 32.1. The van der Waals surface area contributed by atoms with Crippen molar-refractivity contribution < 1.29 is 23.5 Å². The molecule has 0 saturated heterocycles. The molecule has 0 aliphatic rings. The summed E-state index contributed by atoms with van der Waals surface area (Å²) >= 11 is 1.29. The fourth-order valence-electron chi connectivity index (χ4n) is 2.57. The molecule has 2 rings (SSSR count). The van der Waals surface area contributed by atoms with E-state index in [1.54, 1.807) is 6.92 Å². The Balaban J connectivity index is 2.07. The first-order chi connectivity index (χ1) is 12.9. The normalized spacial score (nSPS) is 10.4. The minimum Gasteiger partial charge on any atom is -0.462 e. The highest BCUT2D eigenvalue weighted by molar-refractivity contribution is 7.16. The van der Waals surface area contributed by atoms with E-state index in [-0.39, 0.29) is 18.7 Å². The van der Waals surface area contributed by atoms with Gasteiger partial charge in [-0.2, -0.15) is 0 Å². The van der Waals surface area contributed by atoms with Crippen LogP contribution in [-0.2, 0) is 16.0 Å². The zero-order valence-electron chi connectivity index (χ0n) is 15.3. The molecular weight excluding hydrogens is 371 g/mol. The number of thiophene rings is 1. The number of hydrogen-bond donors (Lipinski definition) is 2. The van der Waals surface area contributed by atoms with Gasteiger partial charge >= 0.3 is 5.97 Å². The fourth-order valence-corrected chi connectivity index (χ4v) is 3.72. The van der Waals surface area contributed by atoms with Crippen molar-refractivity contribution in [3.8, 4) is 0 Å². The predicted molar refractivity (Wildman–Crippen MR) is 102 cm³/mol. The van der Waals surface area contributed by atoms with Crippen molar-refractivity contribution in [2.45, 2.75) is 27.2 Å². The summed E-state index contributed by atoms with van der Waals surface area (Å²) in [5.41, 5.74) is 1.31. The number of carbonyl (C=O) groups is 3. The van der Waals surface area contributed by atoms with E-state index in [9.17, 15) is 18.8 Å². The molecule has 6 nitrogen and oxygen atoms in total. The Kier molecular flexibility index (Phi) is 7.06. The molecule has 0 bridgehead atoms. The van der Waals surface area contributed by atoms with E-state index in [0.29, 0.717) is 17.0 Å². The van der Waals surface area contributed by atoms with Gasteiger partial charge in [-0.1, -0.05) is 13.0 Å². The lowest BCUT2D eigenvalue weighted by atomic mass is 10.1. The van der Waals surface area contributed by atoms with Crippen LogP contribution in [0, 0.1) is 12.7 Å². The topological polar surface area (TPSA) is 84.5 Å². The maximum Gasteiger partial charge on any atom is 0.341 e. The average molecular weight is 392 g/mol. The zero-order valence-corrected chi connectivity index (χ0v) is 16.2. The Morgan fingerprint density at radius 3 is 2.59 bits per heavy atom. The van der Waals surface area contributed by atoms with Crippen molar-refractivity contribution >= 4 is 34.1 Å². The van der Waals surface area contributed by atoms with Gasteiger partial charge in [0.15, 0.2) is 0 Å². The third-order valence-electron chi connectivity index (χ3n) is 3.79. The van der Waals surface area contributed by atoms with E-state index in [2.05, 4.69) is 10.6 Å². The molecule has 1 aromatic carbocycles. The second kappa shape index (κ2) is 9.27. The monoisotopic (exact) mass is 392 g/mol. The van der Waals surface area contributed by atoms with Crippen molar-refractivity contribution in [3.63, 3.8) is 0 Å². The molecule has 2 N–H and O–H groups in total. The van der Waals surface area contributed by atoms with E-state index in [1.807, 2.05) is 13.8 Å². The van der Waals surface area contributed by atoms with Gasteiger partial charge in [-0.05, 0) is 44.0 Å². The van der Waals surface area contributed by atoms with Crippen LogP contribution in [0.2, 0.25) is 0 Å². The Labute approximate surface area is 160 Å². The Hall–Kier alpha value is -2.74. The van der Waals surface area contributed by atoms with Crippen LogP contribution in [0.4, 0.5) is 9.39 Å². The first-order valence-electron chi connectivity index (χ1n) is 8.50. The SMILES string of the molecule is CCOC(=O)c1c(NC(=O)CNC(=O)c2cccc(F)c2)sc(C)c1CC. The smallest absolute Gasteiger partial charge is 0.341 e. The number of aryl methyl sites for hydroxylation is 1. The van der Waals surface area contributed by atoms with Crippen molar-refractivity contribution in [3.05, 3.63) is 51.7 Å². The fraction of sp³-hybridized carbons (Fsp3) is 0.316. The van der Waals surface area contributed by atoms with Gasteiger partial charge in [0.1, 0.15) is 10.8 Å². The molecule has 0 spiro atoms. The highest BCUT2D eigenvalue weighted by Crippen LogP contribution is 2.34. The highest BCUT2D eigenvalue weighted by Gasteiger charge is 2.23. The Bertz CT molecular complexity index is 863. The molecule has 0 atom stereocenters. The summed E-state index contributed by atoms with van der Waals surface area (Å²) in [6.07, 6.45) is 0.628. The van der Waals surface area contributed by atoms with Crippen molar-refractivity contribution in [2.24, 2.45) is 0 Å². The van der Waals surface area contributed by atoms with E-state index in [4.69, 9.17) is 4.74 Å². The lowest BCUT2D eigenvalue weighted by Crippen LogP contribution is -2.33. The number of benzene rings is 1. The molecule has 0 radical (unpaired) electrons. The number of ether oxygens (including phenoxy) is 1. The molecule has 2 aromatic rings. The number of carbonyl (C=O) groups excluding carboxylic acids is 3. The standard InChI is InChI=1S/C19H21FN2O4S/c1-4-14-11(3)27-18(16(14)19(25)26-5-2)22-15(23)10-21-17(24)12-7-6-8-13(20)9-12/h6-9H,4-5,10H2,1-3H3,(H,21,24)(H,22,23). The number of hydrogen-bond acceptors (Lipinski definition) is 5. The summed E-state index contributed by atoms with van der Waals surface area (Å²) in [6.45, 7) is 5.42. The lowest BCUT2D eigenvalue weighted by Gasteiger charge is -2.09. The van der Waals surface area contributed by atoms with Crippen LogP contribution < -0.4 is 10.6 Å². The summed E-state index contributed by atoms with van der Waals surface area (Å²) in [5, 5.41) is 5.48. The molecule has 1 heterocycles. The number of anilines is 1. The number of nitrogens with one attached hydrogen (secondary N) is 2. The van der Waals surface area contributed by atoms with Crippen molar-refractivity contribution in [2.75, 3.05) is 18.5 Å². The molecule has 0 saturated carbocycles. The van der Waals surface area contributed by atoms with Gasteiger partial charge in [0, 0.05) is 10.4 Å². The lowest BCUT2D eigenvalue weighted by molar-refractivity contribution is -0.115. The second-order valence-electron chi connectivity index (χ2n) is 5.66. The minimum atomic E-state index is -0.563. The first kappa shape index (κ1) is 20.6. The minimum absolute atomic E-state index is 0.121. The summed E-state index contributed by atoms with van der Waals surface area (Å²) < 4.78 is 18.3. The maximum absolute atomic E-state index is 13.2. The number of amides is 2. The van der Waals surface area contributed by atoms with Gasteiger partial charge < -0.3 is 15.4 Å². The first-order valence-corrected chi connectivity index (χ1v) is 9.32. The summed E-state index contributed by atoms with van der Waals surface area (Å²) in [6, 6.07) is 5.18. The molecule has 0 unspecified atom stereocenters. The van der Waals surface area contributed by atoms with Gasteiger partial charge in [0.25, 0.3) is 5.91 Å². The van der Waals surface area contributed by atoms with Crippen LogP contribution in [0.15, 0.2) is 24.3 Å². The van der Waals surface area contributed by atoms with Gasteiger partial charge in [0.2, 0.25) is 5.91 Å². The van der Waals surface area contributed by atoms with Gasteiger partial charge in [0.05, 0.1) is 18.7 Å². The van der Waals surface area contributed by atoms with Crippen LogP contribution in [0.5, 0.6) is 0 Å².